The van der Waals surface area contributed by atoms with Crippen LogP contribution in [0.3, 0.4) is 0 Å². The Balaban J connectivity index is 2.42. The number of hydrogen-bond donors (Lipinski definition) is 1. The maximum atomic E-state index is 13.2. The molecule has 94 valence electrons. The van der Waals surface area contributed by atoms with Gasteiger partial charge in [0, 0.05) is 13.2 Å². The number of nitrogens with zero attached hydrogens (tertiary/aromatic N) is 3. The zero-order valence-electron chi connectivity index (χ0n) is 9.22. The first-order valence-corrected chi connectivity index (χ1v) is 5.24. The summed E-state index contributed by atoms with van der Waals surface area (Å²) in [5.74, 6) is -0.833. The summed E-state index contributed by atoms with van der Waals surface area (Å²) in [6, 6.07) is 1.95. The van der Waals surface area contributed by atoms with Crippen molar-refractivity contribution in [3.05, 3.63) is 45.5 Å². The van der Waals surface area contributed by atoms with E-state index < -0.39 is 10.7 Å². The third kappa shape index (κ3) is 2.40. The maximum absolute atomic E-state index is 13.2. The van der Waals surface area contributed by atoms with E-state index in [0.717, 1.165) is 6.07 Å². The van der Waals surface area contributed by atoms with Gasteiger partial charge in [-0.25, -0.2) is 4.39 Å². The fourth-order valence-corrected chi connectivity index (χ4v) is 1.59. The van der Waals surface area contributed by atoms with Crippen LogP contribution in [0.4, 0.5) is 21.5 Å². The van der Waals surface area contributed by atoms with Crippen LogP contribution in [0.1, 0.15) is 0 Å². The summed E-state index contributed by atoms with van der Waals surface area (Å²) in [6.45, 7) is 0. The summed E-state index contributed by atoms with van der Waals surface area (Å²) in [5, 5.41) is 17.3. The predicted molar refractivity (Wildman–Crippen MR) is 64.6 cm³/mol. The van der Waals surface area contributed by atoms with Crippen molar-refractivity contribution in [3.8, 4) is 0 Å². The summed E-state index contributed by atoms with van der Waals surface area (Å²) in [7, 11) is 1.71. The zero-order chi connectivity index (χ0) is 13.3. The lowest BCUT2D eigenvalue weighted by molar-refractivity contribution is -0.384. The Bertz CT molecular complexity index is 614. The Labute approximate surface area is 106 Å². The van der Waals surface area contributed by atoms with E-state index in [2.05, 4.69) is 10.4 Å². The van der Waals surface area contributed by atoms with E-state index in [1.807, 2.05) is 0 Å². The van der Waals surface area contributed by atoms with Crippen molar-refractivity contribution >= 4 is 28.7 Å². The van der Waals surface area contributed by atoms with Gasteiger partial charge in [0.2, 0.25) is 0 Å². The second-order valence-electron chi connectivity index (χ2n) is 3.57. The van der Waals surface area contributed by atoms with Crippen molar-refractivity contribution in [1.29, 1.82) is 0 Å². The van der Waals surface area contributed by atoms with E-state index in [9.17, 15) is 14.5 Å². The molecule has 0 aliphatic carbocycles. The molecule has 0 aliphatic heterocycles. The lowest BCUT2D eigenvalue weighted by Gasteiger charge is -2.05. The molecular formula is C10H8ClFN4O2. The molecule has 0 aliphatic rings. The van der Waals surface area contributed by atoms with E-state index in [1.54, 1.807) is 13.2 Å². The van der Waals surface area contributed by atoms with Crippen LogP contribution in [0.15, 0.2) is 24.5 Å². The number of hydrogen-bond acceptors (Lipinski definition) is 4. The first-order valence-electron chi connectivity index (χ1n) is 4.86. The minimum Gasteiger partial charge on any atom is -0.347 e. The fourth-order valence-electron chi connectivity index (χ4n) is 1.43. The van der Waals surface area contributed by atoms with Gasteiger partial charge in [-0.1, -0.05) is 11.6 Å². The molecule has 1 heterocycles. The average molecular weight is 271 g/mol. The number of nitro benzene ring substituents is 1. The molecule has 0 spiro atoms. The number of halogens is 2. The fraction of sp³-hybridized carbons (Fsp3) is 0.100. The standard InChI is InChI=1S/C10H8ClFN4O2/c1-15-5-6(4-13-15)14-9-2-7(11)8(12)3-10(9)16(17)18/h2-5,14H,1H3. The molecule has 0 saturated carbocycles. The van der Waals surface area contributed by atoms with E-state index in [0.29, 0.717) is 5.69 Å². The lowest BCUT2D eigenvalue weighted by Crippen LogP contribution is -1.98. The van der Waals surface area contributed by atoms with Gasteiger partial charge in [0.05, 0.1) is 27.9 Å². The number of nitrogens with one attached hydrogen (secondary N) is 1. The van der Waals surface area contributed by atoms with Crippen LogP contribution in [-0.4, -0.2) is 14.7 Å². The Morgan fingerprint density at radius 1 is 1.56 bits per heavy atom. The quantitative estimate of drug-likeness (QED) is 0.687. The van der Waals surface area contributed by atoms with Crippen molar-refractivity contribution in [1.82, 2.24) is 9.78 Å². The Kier molecular flexibility index (Phi) is 3.15. The number of rotatable bonds is 3. The predicted octanol–water partition coefficient (Wildman–Crippen LogP) is 2.86. The third-order valence-corrected chi connectivity index (χ3v) is 2.51. The van der Waals surface area contributed by atoms with Gasteiger partial charge in [0.25, 0.3) is 5.69 Å². The number of aryl methyl sites for hydroxylation is 1. The van der Waals surface area contributed by atoms with Gasteiger partial charge in [-0.2, -0.15) is 5.10 Å². The molecule has 6 nitrogen and oxygen atoms in total. The van der Waals surface area contributed by atoms with Crippen LogP contribution in [0.25, 0.3) is 0 Å². The molecule has 0 atom stereocenters. The number of benzene rings is 1. The highest BCUT2D eigenvalue weighted by atomic mass is 35.5. The Morgan fingerprint density at radius 3 is 2.83 bits per heavy atom. The van der Waals surface area contributed by atoms with Crippen molar-refractivity contribution in [2.75, 3.05) is 5.32 Å². The molecule has 0 radical (unpaired) electrons. The van der Waals surface area contributed by atoms with Crippen LogP contribution in [0.5, 0.6) is 0 Å². The number of aromatic nitrogens is 2. The molecule has 8 heteroatoms. The Morgan fingerprint density at radius 2 is 2.28 bits per heavy atom. The zero-order valence-corrected chi connectivity index (χ0v) is 9.98. The molecular weight excluding hydrogens is 263 g/mol. The van der Waals surface area contributed by atoms with E-state index in [4.69, 9.17) is 11.6 Å². The summed E-state index contributed by atoms with van der Waals surface area (Å²) < 4.78 is 14.7. The maximum Gasteiger partial charge on any atom is 0.295 e. The smallest absolute Gasteiger partial charge is 0.295 e. The van der Waals surface area contributed by atoms with Crippen LogP contribution < -0.4 is 5.32 Å². The first kappa shape index (κ1) is 12.3. The molecule has 0 unspecified atom stereocenters. The molecule has 2 rings (SSSR count). The summed E-state index contributed by atoms with van der Waals surface area (Å²) in [5.41, 5.74) is 0.267. The first-order chi connectivity index (χ1) is 8.47. The third-order valence-electron chi connectivity index (χ3n) is 2.22. The summed E-state index contributed by atoms with van der Waals surface area (Å²) in [6.07, 6.45) is 3.11. The molecule has 1 aromatic heterocycles. The van der Waals surface area contributed by atoms with Gasteiger partial charge in [-0.05, 0) is 6.07 Å². The van der Waals surface area contributed by atoms with Gasteiger partial charge in [0.15, 0.2) is 0 Å². The second-order valence-corrected chi connectivity index (χ2v) is 3.98. The second kappa shape index (κ2) is 4.61. The van der Waals surface area contributed by atoms with Gasteiger partial charge in [-0.3, -0.25) is 14.8 Å². The molecule has 1 N–H and O–H groups in total. The highest BCUT2D eigenvalue weighted by Gasteiger charge is 2.18. The number of anilines is 2. The van der Waals surface area contributed by atoms with E-state index in [-0.39, 0.29) is 16.4 Å². The van der Waals surface area contributed by atoms with Crippen molar-refractivity contribution in [2.45, 2.75) is 0 Å². The number of nitro groups is 1. The Hall–Kier alpha value is -2.15. The normalized spacial score (nSPS) is 10.4. The molecule has 2 aromatic rings. The van der Waals surface area contributed by atoms with Crippen LogP contribution in [0.2, 0.25) is 5.02 Å². The van der Waals surface area contributed by atoms with Crippen molar-refractivity contribution < 1.29 is 9.31 Å². The monoisotopic (exact) mass is 270 g/mol. The average Bonchev–Trinajstić information content (AvgIpc) is 2.68. The summed E-state index contributed by atoms with van der Waals surface area (Å²) in [4.78, 5) is 10.1. The van der Waals surface area contributed by atoms with Crippen molar-refractivity contribution in [3.63, 3.8) is 0 Å². The molecule has 0 saturated heterocycles. The molecule has 0 bridgehead atoms. The minimum atomic E-state index is -0.833. The van der Waals surface area contributed by atoms with Crippen LogP contribution in [0, 0.1) is 15.9 Å². The SMILES string of the molecule is Cn1cc(Nc2cc(Cl)c(F)cc2[N+](=O)[O-])cn1. The van der Waals surface area contributed by atoms with Gasteiger partial charge >= 0.3 is 0 Å². The molecule has 0 amide bonds. The highest BCUT2D eigenvalue weighted by molar-refractivity contribution is 6.31. The van der Waals surface area contributed by atoms with E-state index >= 15 is 0 Å². The van der Waals surface area contributed by atoms with E-state index in [1.165, 1.54) is 16.9 Å². The van der Waals surface area contributed by atoms with Gasteiger partial charge < -0.3 is 5.32 Å². The minimum absolute atomic E-state index is 0.111. The van der Waals surface area contributed by atoms with Crippen LogP contribution in [-0.2, 0) is 7.05 Å². The summed E-state index contributed by atoms with van der Waals surface area (Å²) >= 11 is 5.60. The molecule has 18 heavy (non-hydrogen) atoms. The largest absolute Gasteiger partial charge is 0.347 e. The molecule has 1 aromatic carbocycles. The van der Waals surface area contributed by atoms with Crippen LogP contribution >= 0.6 is 11.6 Å². The molecule has 0 fully saturated rings. The van der Waals surface area contributed by atoms with Gasteiger partial charge in [0.1, 0.15) is 11.5 Å². The van der Waals surface area contributed by atoms with Gasteiger partial charge in [-0.15, -0.1) is 0 Å². The lowest BCUT2D eigenvalue weighted by atomic mass is 10.2. The topological polar surface area (TPSA) is 73.0 Å². The highest BCUT2D eigenvalue weighted by Crippen LogP contribution is 2.32. The van der Waals surface area contributed by atoms with Crippen molar-refractivity contribution in [2.24, 2.45) is 7.05 Å².